The fourth-order valence-electron chi connectivity index (χ4n) is 2.04. The number of hydrogen-bond acceptors (Lipinski definition) is 2. The average molecular weight is 262 g/mol. The number of nitrogens with zero attached hydrogens (tertiary/aromatic N) is 1. The van der Waals surface area contributed by atoms with Crippen molar-refractivity contribution >= 4 is 0 Å². The molecule has 0 aliphatic rings. The molecule has 0 radical (unpaired) electrons. The molecule has 0 saturated heterocycles. The van der Waals surface area contributed by atoms with Crippen molar-refractivity contribution in [1.29, 1.82) is 0 Å². The summed E-state index contributed by atoms with van der Waals surface area (Å²) in [7, 11) is 2.20. The lowest BCUT2D eigenvalue weighted by atomic mass is 10.1. The van der Waals surface area contributed by atoms with Gasteiger partial charge in [-0.15, -0.1) is 0 Å². The quantitative estimate of drug-likeness (QED) is 0.718. The van der Waals surface area contributed by atoms with Crippen LogP contribution in [0.4, 0.5) is 0 Å². The van der Waals surface area contributed by atoms with E-state index in [-0.39, 0.29) is 0 Å². The van der Waals surface area contributed by atoms with Crippen molar-refractivity contribution in [2.45, 2.75) is 52.6 Å². The maximum Gasteiger partial charge on any atom is 0.0291 e. The van der Waals surface area contributed by atoms with Crippen LogP contribution in [0.2, 0.25) is 0 Å². The van der Waals surface area contributed by atoms with Crippen molar-refractivity contribution in [3.8, 4) is 0 Å². The van der Waals surface area contributed by atoms with E-state index < -0.39 is 0 Å². The largest absolute Gasteiger partial charge is 0.310 e. The molecule has 0 fully saturated rings. The van der Waals surface area contributed by atoms with Gasteiger partial charge in [-0.2, -0.15) is 0 Å². The minimum atomic E-state index is 0.448. The Labute approximate surface area is 119 Å². The van der Waals surface area contributed by atoms with Crippen LogP contribution >= 0.6 is 0 Å². The molecule has 108 valence electrons. The molecule has 1 aromatic rings. The second-order valence-electron chi connectivity index (χ2n) is 5.87. The average Bonchev–Trinajstić information content (AvgIpc) is 2.38. The molecule has 0 aromatic heterocycles. The van der Waals surface area contributed by atoms with Crippen molar-refractivity contribution < 1.29 is 0 Å². The van der Waals surface area contributed by atoms with Crippen molar-refractivity contribution in [3.63, 3.8) is 0 Å². The van der Waals surface area contributed by atoms with Crippen LogP contribution < -0.4 is 5.32 Å². The molecular weight excluding hydrogens is 232 g/mol. The smallest absolute Gasteiger partial charge is 0.0291 e. The molecule has 2 heteroatoms. The molecule has 0 saturated carbocycles. The predicted molar refractivity (Wildman–Crippen MR) is 84.6 cm³/mol. The van der Waals surface area contributed by atoms with Gasteiger partial charge in [0.15, 0.2) is 0 Å². The zero-order chi connectivity index (χ0) is 14.3. The topological polar surface area (TPSA) is 15.3 Å². The van der Waals surface area contributed by atoms with Gasteiger partial charge in [0.1, 0.15) is 0 Å². The van der Waals surface area contributed by atoms with E-state index >= 15 is 0 Å². The molecule has 2 nitrogen and oxygen atoms in total. The molecule has 0 bridgehead atoms. The Hall–Kier alpha value is -0.860. The van der Waals surface area contributed by atoms with Gasteiger partial charge in [-0.25, -0.2) is 0 Å². The van der Waals surface area contributed by atoms with Gasteiger partial charge < -0.3 is 10.2 Å². The highest BCUT2D eigenvalue weighted by Gasteiger charge is 2.05. The molecule has 0 aliphatic carbocycles. The summed E-state index contributed by atoms with van der Waals surface area (Å²) in [6.07, 6.45) is 2.51. The molecule has 1 unspecified atom stereocenters. The summed E-state index contributed by atoms with van der Waals surface area (Å²) < 4.78 is 0. The Bertz CT molecular complexity index is 343. The Morgan fingerprint density at radius 3 is 2.26 bits per heavy atom. The maximum atomic E-state index is 3.60. The normalized spacial score (nSPS) is 13.2. The Morgan fingerprint density at radius 2 is 1.68 bits per heavy atom. The van der Waals surface area contributed by atoms with Crippen LogP contribution in [-0.2, 0) is 0 Å². The summed E-state index contributed by atoms with van der Waals surface area (Å²) in [4.78, 5) is 2.41. The van der Waals surface area contributed by atoms with Gasteiger partial charge in [-0.1, -0.05) is 29.8 Å². The monoisotopic (exact) mass is 262 g/mol. The molecule has 1 rings (SSSR count). The van der Waals surface area contributed by atoms with Crippen LogP contribution in [-0.4, -0.2) is 31.1 Å². The fraction of sp³-hybridized carbons (Fsp3) is 0.647. The Morgan fingerprint density at radius 1 is 1.05 bits per heavy atom. The fourth-order valence-corrected chi connectivity index (χ4v) is 2.04. The van der Waals surface area contributed by atoms with E-state index in [4.69, 9.17) is 0 Å². The van der Waals surface area contributed by atoms with Crippen LogP contribution in [0.15, 0.2) is 24.3 Å². The lowest BCUT2D eigenvalue weighted by Gasteiger charge is -2.21. The first-order valence-electron chi connectivity index (χ1n) is 7.51. The molecule has 0 aliphatic heterocycles. The standard InChI is InChI=1S/C17H30N2/c1-14(2)19(5)13-7-6-12-18-16(4)17-10-8-15(3)9-11-17/h8-11,14,16,18H,6-7,12-13H2,1-5H3. The van der Waals surface area contributed by atoms with Gasteiger partial charge in [0.05, 0.1) is 0 Å². The number of unbranched alkanes of at least 4 members (excludes halogenated alkanes) is 1. The van der Waals surface area contributed by atoms with Gasteiger partial charge in [-0.05, 0) is 66.2 Å². The predicted octanol–water partition coefficient (Wildman–Crippen LogP) is 3.77. The van der Waals surface area contributed by atoms with Crippen LogP contribution in [0.5, 0.6) is 0 Å². The second-order valence-corrected chi connectivity index (χ2v) is 5.87. The van der Waals surface area contributed by atoms with Gasteiger partial charge in [0.2, 0.25) is 0 Å². The maximum absolute atomic E-state index is 3.60. The van der Waals surface area contributed by atoms with E-state index in [2.05, 4.69) is 69.2 Å². The molecule has 19 heavy (non-hydrogen) atoms. The highest BCUT2D eigenvalue weighted by molar-refractivity contribution is 5.23. The first-order chi connectivity index (χ1) is 9.00. The summed E-state index contributed by atoms with van der Waals surface area (Å²) >= 11 is 0. The number of rotatable bonds is 8. The molecule has 1 atom stereocenters. The van der Waals surface area contributed by atoms with Crippen molar-refractivity contribution in [2.24, 2.45) is 0 Å². The SMILES string of the molecule is Cc1ccc(C(C)NCCCCN(C)C(C)C)cc1. The summed E-state index contributed by atoms with van der Waals surface area (Å²) in [6.45, 7) is 11.2. The number of nitrogens with one attached hydrogen (secondary N) is 1. The number of benzene rings is 1. The van der Waals surface area contributed by atoms with Crippen molar-refractivity contribution in [3.05, 3.63) is 35.4 Å². The van der Waals surface area contributed by atoms with E-state index in [0.717, 1.165) is 6.54 Å². The zero-order valence-corrected chi connectivity index (χ0v) is 13.2. The van der Waals surface area contributed by atoms with Crippen LogP contribution in [0.3, 0.4) is 0 Å². The summed E-state index contributed by atoms with van der Waals surface area (Å²) in [5.41, 5.74) is 2.71. The number of aryl methyl sites for hydroxylation is 1. The number of hydrogen-bond donors (Lipinski definition) is 1. The lowest BCUT2D eigenvalue weighted by Crippen LogP contribution is -2.28. The summed E-state index contributed by atoms with van der Waals surface area (Å²) in [5.74, 6) is 0. The molecule has 1 N–H and O–H groups in total. The highest BCUT2D eigenvalue weighted by Crippen LogP contribution is 2.12. The molecule has 0 spiro atoms. The van der Waals surface area contributed by atoms with Gasteiger partial charge in [0.25, 0.3) is 0 Å². The molecule has 0 heterocycles. The van der Waals surface area contributed by atoms with E-state index in [1.54, 1.807) is 0 Å². The van der Waals surface area contributed by atoms with Gasteiger partial charge in [0, 0.05) is 12.1 Å². The third kappa shape index (κ3) is 6.22. The first kappa shape index (κ1) is 16.2. The van der Waals surface area contributed by atoms with Gasteiger partial charge in [-0.3, -0.25) is 0 Å². The minimum absolute atomic E-state index is 0.448. The summed E-state index contributed by atoms with van der Waals surface area (Å²) in [6, 6.07) is 9.91. The first-order valence-corrected chi connectivity index (χ1v) is 7.51. The third-order valence-electron chi connectivity index (χ3n) is 3.85. The summed E-state index contributed by atoms with van der Waals surface area (Å²) in [5, 5.41) is 3.60. The van der Waals surface area contributed by atoms with Crippen LogP contribution in [0, 0.1) is 6.92 Å². The van der Waals surface area contributed by atoms with Crippen LogP contribution in [0.1, 0.15) is 50.8 Å². The third-order valence-corrected chi connectivity index (χ3v) is 3.85. The van der Waals surface area contributed by atoms with E-state index in [0.29, 0.717) is 12.1 Å². The van der Waals surface area contributed by atoms with E-state index in [1.807, 2.05) is 0 Å². The van der Waals surface area contributed by atoms with Crippen molar-refractivity contribution in [1.82, 2.24) is 10.2 Å². The Balaban J connectivity index is 2.17. The minimum Gasteiger partial charge on any atom is -0.310 e. The lowest BCUT2D eigenvalue weighted by molar-refractivity contribution is 0.267. The molecular formula is C17H30N2. The Kier molecular flexibility index (Phi) is 7.11. The highest BCUT2D eigenvalue weighted by atomic mass is 15.1. The van der Waals surface area contributed by atoms with Gasteiger partial charge >= 0.3 is 0 Å². The van der Waals surface area contributed by atoms with E-state index in [9.17, 15) is 0 Å². The van der Waals surface area contributed by atoms with Crippen LogP contribution in [0.25, 0.3) is 0 Å². The molecule has 1 aromatic carbocycles. The zero-order valence-electron chi connectivity index (χ0n) is 13.2. The molecule has 0 amide bonds. The second kappa shape index (κ2) is 8.34. The van der Waals surface area contributed by atoms with E-state index in [1.165, 1.54) is 30.5 Å². The van der Waals surface area contributed by atoms with Crippen molar-refractivity contribution in [2.75, 3.05) is 20.1 Å².